The quantitative estimate of drug-likeness (QED) is 0.374. The number of hydrogen-bond donors (Lipinski definition) is 1. The zero-order valence-corrected chi connectivity index (χ0v) is 19.3. The van der Waals surface area contributed by atoms with E-state index in [1.165, 1.54) is 0 Å². The van der Waals surface area contributed by atoms with Gasteiger partial charge in [-0.3, -0.25) is 4.79 Å². The molecule has 0 saturated heterocycles. The van der Waals surface area contributed by atoms with Gasteiger partial charge in [-0.25, -0.2) is 0 Å². The summed E-state index contributed by atoms with van der Waals surface area (Å²) in [6.07, 6.45) is -0.175. The van der Waals surface area contributed by atoms with Crippen LogP contribution in [-0.4, -0.2) is 22.2 Å². The normalized spacial score (nSPS) is 11.8. The Morgan fingerprint density at radius 2 is 1.58 bits per heavy atom. The highest BCUT2D eigenvalue weighted by atomic mass is 16.5. The van der Waals surface area contributed by atoms with Crippen LogP contribution in [0, 0.1) is 20.8 Å². The molecule has 3 aromatic carbocycles. The summed E-state index contributed by atoms with van der Waals surface area (Å²) in [4.78, 5) is 13.1. The second kappa shape index (κ2) is 9.69. The average Bonchev–Trinajstić information content (AvgIpc) is 3.30. The van der Waals surface area contributed by atoms with Gasteiger partial charge in [-0.15, -0.1) is 10.2 Å². The maximum Gasteiger partial charge on any atom is 0.265 e. The van der Waals surface area contributed by atoms with Crippen LogP contribution in [0.15, 0.2) is 71.1 Å². The van der Waals surface area contributed by atoms with E-state index in [4.69, 9.17) is 9.15 Å². The number of nitrogens with one attached hydrogen (secondary N) is 1. The van der Waals surface area contributed by atoms with Crippen molar-refractivity contribution in [3.63, 3.8) is 0 Å². The van der Waals surface area contributed by atoms with Crippen LogP contribution in [0.3, 0.4) is 0 Å². The zero-order chi connectivity index (χ0) is 23.4. The highest BCUT2D eigenvalue weighted by molar-refractivity contribution is 5.95. The third-order valence-corrected chi connectivity index (χ3v) is 5.42. The van der Waals surface area contributed by atoms with Crippen LogP contribution in [0.25, 0.3) is 22.9 Å². The number of carbonyl (C=O) groups is 1. The number of carbonyl (C=O) groups excluding carboxylic acids is 1. The molecule has 0 bridgehead atoms. The van der Waals surface area contributed by atoms with Crippen molar-refractivity contribution < 1.29 is 13.9 Å². The third-order valence-electron chi connectivity index (χ3n) is 5.42. The van der Waals surface area contributed by atoms with Crippen molar-refractivity contribution >= 4 is 11.6 Å². The number of nitrogens with zero attached hydrogens (tertiary/aromatic N) is 2. The van der Waals surface area contributed by atoms with Crippen LogP contribution in [0.1, 0.15) is 30.0 Å². The Bertz CT molecular complexity index is 1240. The van der Waals surface area contributed by atoms with Gasteiger partial charge in [0.05, 0.1) is 5.56 Å². The van der Waals surface area contributed by atoms with Gasteiger partial charge >= 0.3 is 0 Å². The van der Waals surface area contributed by atoms with Gasteiger partial charge in [-0.05, 0) is 62.6 Å². The Kier molecular flexibility index (Phi) is 6.54. The number of rotatable bonds is 7. The van der Waals surface area contributed by atoms with Crippen LogP contribution >= 0.6 is 0 Å². The number of hydrogen-bond acceptors (Lipinski definition) is 5. The number of aryl methyl sites for hydroxylation is 3. The van der Waals surface area contributed by atoms with Crippen molar-refractivity contribution in [2.24, 2.45) is 0 Å². The lowest BCUT2D eigenvalue weighted by Crippen LogP contribution is -2.33. The molecule has 168 valence electrons. The Hall–Kier alpha value is -3.93. The fraction of sp³-hybridized carbons (Fsp3) is 0.222. The van der Waals surface area contributed by atoms with Crippen LogP contribution in [0.4, 0.5) is 5.69 Å². The van der Waals surface area contributed by atoms with Crippen molar-refractivity contribution in [1.82, 2.24) is 10.2 Å². The van der Waals surface area contributed by atoms with Gasteiger partial charge in [0.15, 0.2) is 6.10 Å². The van der Waals surface area contributed by atoms with E-state index < -0.39 is 6.10 Å². The highest BCUT2D eigenvalue weighted by Crippen LogP contribution is 2.32. The summed E-state index contributed by atoms with van der Waals surface area (Å²) in [6, 6.07) is 21.1. The largest absolute Gasteiger partial charge is 0.480 e. The molecule has 1 N–H and O–H groups in total. The van der Waals surface area contributed by atoms with E-state index in [9.17, 15) is 4.79 Å². The molecule has 1 heterocycles. The van der Waals surface area contributed by atoms with Gasteiger partial charge in [0.1, 0.15) is 5.75 Å². The summed E-state index contributed by atoms with van der Waals surface area (Å²) >= 11 is 0. The van der Waals surface area contributed by atoms with Gasteiger partial charge in [-0.2, -0.15) is 0 Å². The first kappa shape index (κ1) is 22.3. The number of amides is 1. The van der Waals surface area contributed by atoms with Crippen molar-refractivity contribution in [3.05, 3.63) is 83.4 Å². The molecule has 0 spiro atoms. The molecular weight excluding hydrogens is 414 g/mol. The number of ether oxygens (including phenoxy) is 1. The molecule has 4 aromatic rings. The van der Waals surface area contributed by atoms with Gasteiger partial charge in [0.25, 0.3) is 11.8 Å². The van der Waals surface area contributed by atoms with Crippen molar-refractivity contribution in [3.8, 4) is 28.7 Å². The molecule has 1 aromatic heterocycles. The summed E-state index contributed by atoms with van der Waals surface area (Å²) in [6.45, 7) is 7.95. The Morgan fingerprint density at radius 1 is 0.939 bits per heavy atom. The van der Waals surface area contributed by atoms with Crippen molar-refractivity contribution in [2.45, 2.75) is 40.2 Å². The predicted molar refractivity (Wildman–Crippen MR) is 129 cm³/mol. The minimum absolute atomic E-state index is 0.196. The van der Waals surface area contributed by atoms with Crippen molar-refractivity contribution in [1.29, 1.82) is 0 Å². The summed E-state index contributed by atoms with van der Waals surface area (Å²) in [5.41, 5.74) is 5.51. The lowest BCUT2D eigenvalue weighted by Gasteiger charge is -2.20. The molecule has 0 aliphatic heterocycles. The monoisotopic (exact) mass is 441 g/mol. The van der Waals surface area contributed by atoms with E-state index in [1.807, 2.05) is 76.2 Å². The molecule has 0 saturated carbocycles. The average molecular weight is 442 g/mol. The van der Waals surface area contributed by atoms with Crippen LogP contribution in [0.5, 0.6) is 5.75 Å². The number of benzene rings is 3. The van der Waals surface area contributed by atoms with Gasteiger partial charge in [0, 0.05) is 11.3 Å². The first-order valence-corrected chi connectivity index (χ1v) is 11.0. The maximum absolute atomic E-state index is 13.1. The van der Waals surface area contributed by atoms with Gasteiger partial charge in [-0.1, -0.05) is 55.0 Å². The first-order valence-electron chi connectivity index (χ1n) is 11.0. The summed E-state index contributed by atoms with van der Waals surface area (Å²) in [7, 11) is 0. The van der Waals surface area contributed by atoms with E-state index in [2.05, 4.69) is 27.6 Å². The van der Waals surface area contributed by atoms with Crippen LogP contribution in [-0.2, 0) is 4.79 Å². The maximum atomic E-state index is 13.1. The Morgan fingerprint density at radius 3 is 2.27 bits per heavy atom. The van der Waals surface area contributed by atoms with E-state index in [0.717, 1.165) is 27.9 Å². The fourth-order valence-electron chi connectivity index (χ4n) is 3.83. The van der Waals surface area contributed by atoms with E-state index >= 15 is 0 Å². The Balaban J connectivity index is 1.57. The number of para-hydroxylation sites is 1. The second-order valence-corrected chi connectivity index (χ2v) is 8.05. The summed E-state index contributed by atoms with van der Waals surface area (Å²) in [5.74, 6) is 1.08. The van der Waals surface area contributed by atoms with Crippen LogP contribution < -0.4 is 10.1 Å². The molecule has 0 aliphatic carbocycles. The fourth-order valence-corrected chi connectivity index (χ4v) is 3.83. The molecule has 4 rings (SSSR count). The standard InChI is InChI=1S/C27H27N3O3/c1-5-22(25(31)28-24-18(3)15-17(2)16-19(24)4)32-23-14-10-9-13-21(23)27-30-29-26(33-27)20-11-7-6-8-12-20/h6-16,22H,5H2,1-4H3,(H,28,31). The third kappa shape index (κ3) is 4.95. The smallest absolute Gasteiger partial charge is 0.265 e. The van der Waals surface area contributed by atoms with Crippen LogP contribution in [0.2, 0.25) is 0 Å². The molecule has 0 aliphatic rings. The van der Waals surface area contributed by atoms with E-state index in [-0.39, 0.29) is 5.91 Å². The second-order valence-electron chi connectivity index (χ2n) is 8.05. The molecular formula is C27H27N3O3. The minimum Gasteiger partial charge on any atom is -0.480 e. The zero-order valence-electron chi connectivity index (χ0n) is 19.3. The predicted octanol–water partition coefficient (Wildman–Crippen LogP) is 6.12. The Labute approximate surface area is 193 Å². The lowest BCUT2D eigenvalue weighted by atomic mass is 10.0. The minimum atomic E-state index is -0.678. The van der Waals surface area contributed by atoms with Crippen molar-refractivity contribution in [2.75, 3.05) is 5.32 Å². The molecule has 1 unspecified atom stereocenters. The van der Waals surface area contributed by atoms with Gasteiger partial charge in [0.2, 0.25) is 5.89 Å². The molecule has 0 fully saturated rings. The number of anilines is 1. The molecule has 6 heteroatoms. The lowest BCUT2D eigenvalue weighted by molar-refractivity contribution is -0.122. The van der Waals surface area contributed by atoms with Gasteiger partial charge < -0.3 is 14.5 Å². The number of aromatic nitrogens is 2. The van der Waals surface area contributed by atoms with E-state index in [0.29, 0.717) is 29.5 Å². The molecule has 6 nitrogen and oxygen atoms in total. The molecule has 0 radical (unpaired) electrons. The molecule has 33 heavy (non-hydrogen) atoms. The summed E-state index contributed by atoms with van der Waals surface area (Å²) in [5, 5.41) is 11.4. The summed E-state index contributed by atoms with van der Waals surface area (Å²) < 4.78 is 12.1. The first-order chi connectivity index (χ1) is 16.0. The van der Waals surface area contributed by atoms with E-state index in [1.54, 1.807) is 6.07 Å². The SMILES string of the molecule is CCC(Oc1ccccc1-c1nnc(-c2ccccc2)o1)C(=O)Nc1c(C)cc(C)cc1C. The highest BCUT2D eigenvalue weighted by Gasteiger charge is 2.23. The molecule has 1 atom stereocenters. The molecule has 1 amide bonds. The topological polar surface area (TPSA) is 77.2 Å².